The highest BCUT2D eigenvalue weighted by molar-refractivity contribution is 5.89. The fourth-order valence-corrected chi connectivity index (χ4v) is 2.68. The zero-order chi connectivity index (χ0) is 16.3. The molecule has 23 heavy (non-hydrogen) atoms. The normalized spacial score (nSPS) is 12.5. The maximum absolute atomic E-state index is 12.5. The van der Waals surface area contributed by atoms with E-state index in [1.165, 1.54) is 18.2 Å². The zero-order valence-electron chi connectivity index (χ0n) is 11.5. The van der Waals surface area contributed by atoms with Crippen molar-refractivity contribution in [3.63, 3.8) is 0 Å². The molecule has 0 fully saturated rings. The van der Waals surface area contributed by atoms with Gasteiger partial charge in [-0.05, 0) is 12.1 Å². The van der Waals surface area contributed by atoms with E-state index in [0.29, 0.717) is 11.1 Å². The molecule has 0 radical (unpaired) electrons. The Bertz CT molecular complexity index is 1030. The molecule has 0 bridgehead atoms. The molecule has 0 amide bonds. The first-order chi connectivity index (χ1) is 11.0. The van der Waals surface area contributed by atoms with Gasteiger partial charge in [-0.15, -0.1) is 0 Å². The van der Waals surface area contributed by atoms with Crippen LogP contribution in [0.3, 0.4) is 0 Å². The van der Waals surface area contributed by atoms with E-state index in [1.54, 1.807) is 0 Å². The molecular formula is C16H10O7. The Morgan fingerprint density at radius 3 is 2.43 bits per heavy atom. The smallest absolute Gasteiger partial charge is 0.239 e. The van der Waals surface area contributed by atoms with Crippen molar-refractivity contribution in [1.29, 1.82) is 0 Å². The molecular weight excluding hydrogens is 304 g/mol. The fraction of sp³-hybridized carbons (Fsp3) is 0.0625. The van der Waals surface area contributed by atoms with E-state index in [1.807, 2.05) is 0 Å². The fourth-order valence-electron chi connectivity index (χ4n) is 2.68. The van der Waals surface area contributed by atoms with Gasteiger partial charge in [0.2, 0.25) is 11.2 Å². The Morgan fingerprint density at radius 2 is 1.65 bits per heavy atom. The number of aromatic hydroxyl groups is 4. The minimum Gasteiger partial charge on any atom is -0.508 e. The molecule has 7 heteroatoms. The van der Waals surface area contributed by atoms with E-state index in [2.05, 4.69) is 0 Å². The number of rotatable bonds is 0. The van der Waals surface area contributed by atoms with E-state index in [-0.39, 0.29) is 46.3 Å². The Morgan fingerprint density at radius 1 is 0.913 bits per heavy atom. The lowest BCUT2D eigenvalue weighted by molar-refractivity contribution is 0.288. The predicted octanol–water partition coefficient (Wildman–Crippen LogP) is 2.17. The summed E-state index contributed by atoms with van der Waals surface area (Å²) in [5, 5.41) is 38.6. The van der Waals surface area contributed by atoms with Gasteiger partial charge in [0.25, 0.3) is 0 Å². The quantitative estimate of drug-likeness (QED) is 0.469. The maximum atomic E-state index is 12.5. The Hall–Kier alpha value is -3.35. The van der Waals surface area contributed by atoms with Crippen LogP contribution in [0.15, 0.2) is 33.5 Å². The van der Waals surface area contributed by atoms with Crippen LogP contribution in [0.5, 0.6) is 28.7 Å². The number of ether oxygens (including phenoxy) is 1. The van der Waals surface area contributed by atoms with Crippen molar-refractivity contribution in [3.05, 3.63) is 40.1 Å². The van der Waals surface area contributed by atoms with Crippen LogP contribution in [0, 0.1) is 0 Å². The molecule has 7 nitrogen and oxygen atoms in total. The second-order valence-electron chi connectivity index (χ2n) is 5.21. The van der Waals surface area contributed by atoms with Gasteiger partial charge in [-0.3, -0.25) is 4.79 Å². The van der Waals surface area contributed by atoms with Crippen LogP contribution in [-0.2, 0) is 6.61 Å². The number of hydrogen-bond donors (Lipinski definition) is 4. The summed E-state index contributed by atoms with van der Waals surface area (Å²) in [6.07, 6.45) is 0. The van der Waals surface area contributed by atoms with Crippen LogP contribution < -0.4 is 10.2 Å². The molecule has 0 unspecified atom stereocenters. The van der Waals surface area contributed by atoms with E-state index in [4.69, 9.17) is 9.15 Å². The van der Waals surface area contributed by atoms with E-state index in [9.17, 15) is 25.2 Å². The summed E-state index contributed by atoms with van der Waals surface area (Å²) in [4.78, 5) is 12.5. The molecule has 1 aliphatic rings. The molecule has 3 aromatic rings. The van der Waals surface area contributed by atoms with Gasteiger partial charge in [0.05, 0.1) is 0 Å². The van der Waals surface area contributed by atoms with Crippen LogP contribution in [0.1, 0.15) is 5.56 Å². The number of fused-ring (bicyclic) bond motifs is 4. The molecule has 0 aliphatic carbocycles. The molecule has 2 aromatic carbocycles. The van der Waals surface area contributed by atoms with Crippen LogP contribution in [0.2, 0.25) is 0 Å². The van der Waals surface area contributed by atoms with Crippen LogP contribution in [0.25, 0.3) is 22.3 Å². The van der Waals surface area contributed by atoms with Gasteiger partial charge >= 0.3 is 0 Å². The minimum atomic E-state index is -0.586. The standard InChI is InChI=1S/C16H10O7/c17-7-2-11(20)13-12(3-7)23-15-8-4-10(19)9(18)1-6(8)5-22-16(15)14(13)21/h1-4,17-20H,5H2. The van der Waals surface area contributed by atoms with Gasteiger partial charge in [-0.1, -0.05) is 0 Å². The second-order valence-corrected chi connectivity index (χ2v) is 5.21. The largest absolute Gasteiger partial charge is 0.508 e. The average Bonchev–Trinajstić information content (AvgIpc) is 2.48. The third-order valence-electron chi connectivity index (χ3n) is 3.73. The lowest BCUT2D eigenvalue weighted by Gasteiger charge is -2.20. The van der Waals surface area contributed by atoms with Gasteiger partial charge < -0.3 is 29.6 Å². The molecule has 4 rings (SSSR count). The van der Waals surface area contributed by atoms with E-state index >= 15 is 0 Å². The van der Waals surface area contributed by atoms with Crippen molar-refractivity contribution >= 4 is 11.0 Å². The number of benzene rings is 2. The van der Waals surface area contributed by atoms with Gasteiger partial charge in [-0.25, -0.2) is 0 Å². The zero-order valence-corrected chi connectivity index (χ0v) is 11.5. The summed E-state index contributed by atoms with van der Waals surface area (Å²) in [6.45, 7) is 0.00524. The monoisotopic (exact) mass is 314 g/mol. The number of phenolic OH excluding ortho intramolecular Hbond substituents is 4. The molecule has 2 heterocycles. The van der Waals surface area contributed by atoms with Crippen molar-refractivity contribution in [2.45, 2.75) is 6.61 Å². The first-order valence-electron chi connectivity index (χ1n) is 6.66. The number of hydrogen-bond acceptors (Lipinski definition) is 7. The SMILES string of the molecule is O=c1c2c(oc3cc(O)cc(O)c13)-c1cc(O)c(O)cc1CO2. The number of phenols is 4. The lowest BCUT2D eigenvalue weighted by Crippen LogP contribution is -2.14. The summed E-state index contributed by atoms with van der Waals surface area (Å²) >= 11 is 0. The molecule has 0 atom stereocenters. The van der Waals surface area contributed by atoms with Crippen LogP contribution in [-0.4, -0.2) is 20.4 Å². The topological polar surface area (TPSA) is 120 Å². The summed E-state index contributed by atoms with van der Waals surface area (Å²) in [5.74, 6) is -1.39. The van der Waals surface area contributed by atoms with Gasteiger partial charge in [0, 0.05) is 23.3 Å². The molecule has 116 valence electrons. The highest BCUT2D eigenvalue weighted by atomic mass is 16.5. The van der Waals surface area contributed by atoms with Crippen molar-refractivity contribution in [2.24, 2.45) is 0 Å². The Labute approximate surface area is 128 Å². The second kappa shape index (κ2) is 4.33. The van der Waals surface area contributed by atoms with Crippen LogP contribution in [0.4, 0.5) is 0 Å². The molecule has 1 aromatic heterocycles. The Balaban J connectivity index is 2.12. The average molecular weight is 314 g/mol. The minimum absolute atomic E-state index is 0.00524. The summed E-state index contributed by atoms with van der Waals surface area (Å²) in [6, 6.07) is 4.82. The third kappa shape index (κ3) is 1.80. The molecule has 0 saturated carbocycles. The summed E-state index contributed by atoms with van der Waals surface area (Å²) < 4.78 is 11.0. The first-order valence-corrected chi connectivity index (χ1v) is 6.66. The molecule has 0 saturated heterocycles. The van der Waals surface area contributed by atoms with E-state index < -0.39 is 11.2 Å². The van der Waals surface area contributed by atoms with Gasteiger partial charge in [-0.2, -0.15) is 0 Å². The van der Waals surface area contributed by atoms with Crippen LogP contribution >= 0.6 is 0 Å². The van der Waals surface area contributed by atoms with Gasteiger partial charge in [0.1, 0.15) is 29.1 Å². The highest BCUT2D eigenvalue weighted by Gasteiger charge is 2.27. The van der Waals surface area contributed by atoms with Gasteiger partial charge in [0.15, 0.2) is 17.3 Å². The lowest BCUT2D eigenvalue weighted by atomic mass is 10.0. The van der Waals surface area contributed by atoms with Crippen molar-refractivity contribution in [1.82, 2.24) is 0 Å². The molecule has 0 spiro atoms. The highest BCUT2D eigenvalue weighted by Crippen LogP contribution is 2.43. The van der Waals surface area contributed by atoms with Crippen molar-refractivity contribution in [2.75, 3.05) is 0 Å². The summed E-state index contributed by atoms with van der Waals surface area (Å²) in [7, 11) is 0. The third-order valence-corrected chi connectivity index (χ3v) is 3.73. The Kier molecular flexibility index (Phi) is 2.51. The first kappa shape index (κ1) is 13.3. The van der Waals surface area contributed by atoms with Crippen molar-refractivity contribution in [3.8, 4) is 40.1 Å². The molecule has 4 N–H and O–H groups in total. The predicted molar refractivity (Wildman–Crippen MR) is 78.9 cm³/mol. The van der Waals surface area contributed by atoms with Crippen molar-refractivity contribution < 1.29 is 29.6 Å². The summed E-state index contributed by atoms with van der Waals surface area (Å²) in [5.41, 5.74) is 0.315. The molecule has 1 aliphatic heterocycles. The maximum Gasteiger partial charge on any atom is 0.239 e. The van der Waals surface area contributed by atoms with E-state index in [0.717, 1.165) is 6.07 Å².